The van der Waals surface area contributed by atoms with E-state index in [9.17, 15) is 13.2 Å². The Morgan fingerprint density at radius 2 is 1.46 bits per heavy atom. The number of benzene rings is 2. The van der Waals surface area contributed by atoms with Gasteiger partial charge in [0, 0.05) is 0 Å². The summed E-state index contributed by atoms with van der Waals surface area (Å²) in [5, 5.41) is 0. The van der Waals surface area contributed by atoms with Crippen molar-refractivity contribution in [2.75, 3.05) is 0 Å². The zero-order valence-corrected chi connectivity index (χ0v) is 14.0. The Kier molecular flexibility index (Phi) is 7.10. The molecule has 0 amide bonds. The second kappa shape index (κ2) is 9.31. The third-order valence-electron chi connectivity index (χ3n) is 4.01. The number of allylic oxidation sites excluding steroid dienone is 1. The van der Waals surface area contributed by atoms with Gasteiger partial charge in [-0.3, -0.25) is 0 Å². The van der Waals surface area contributed by atoms with Crippen molar-refractivity contribution in [2.24, 2.45) is 0 Å². The number of hydrogen-bond donors (Lipinski definition) is 0. The number of rotatable bonds is 8. The van der Waals surface area contributed by atoms with Crippen molar-refractivity contribution < 1.29 is 13.2 Å². The molecule has 2 aromatic rings. The van der Waals surface area contributed by atoms with Gasteiger partial charge in [0.2, 0.25) is 0 Å². The summed E-state index contributed by atoms with van der Waals surface area (Å²) in [6.07, 6.45) is 10.2. The SMILES string of the molecule is CCCCCC=Cc1ccc(CCc2cc(F)c(F)c(F)c2)cc1. The first-order valence-electron chi connectivity index (χ1n) is 8.49. The molecule has 128 valence electrons. The molecule has 0 fully saturated rings. The summed E-state index contributed by atoms with van der Waals surface area (Å²) in [5.41, 5.74) is 2.70. The summed E-state index contributed by atoms with van der Waals surface area (Å²) in [5.74, 6) is -3.67. The maximum Gasteiger partial charge on any atom is 0.194 e. The van der Waals surface area contributed by atoms with Crippen molar-refractivity contribution >= 4 is 6.08 Å². The number of halogens is 3. The fourth-order valence-electron chi connectivity index (χ4n) is 2.57. The van der Waals surface area contributed by atoms with Gasteiger partial charge in [-0.2, -0.15) is 0 Å². The molecule has 0 N–H and O–H groups in total. The van der Waals surface area contributed by atoms with E-state index in [4.69, 9.17) is 0 Å². The Hall–Kier alpha value is -2.03. The van der Waals surface area contributed by atoms with Crippen LogP contribution in [-0.2, 0) is 12.8 Å². The van der Waals surface area contributed by atoms with Gasteiger partial charge in [-0.1, -0.05) is 56.2 Å². The Labute approximate surface area is 142 Å². The zero-order chi connectivity index (χ0) is 17.4. The second-order valence-electron chi connectivity index (χ2n) is 6.01. The zero-order valence-electron chi connectivity index (χ0n) is 14.0. The van der Waals surface area contributed by atoms with Crippen LogP contribution in [0.5, 0.6) is 0 Å². The molecule has 0 saturated carbocycles. The lowest BCUT2D eigenvalue weighted by molar-refractivity contribution is 0.445. The highest BCUT2D eigenvalue weighted by Crippen LogP contribution is 2.16. The van der Waals surface area contributed by atoms with Gasteiger partial charge >= 0.3 is 0 Å². The van der Waals surface area contributed by atoms with Gasteiger partial charge in [0.1, 0.15) is 0 Å². The molecule has 0 aromatic heterocycles. The highest BCUT2D eigenvalue weighted by molar-refractivity contribution is 5.49. The minimum Gasteiger partial charge on any atom is -0.204 e. The Balaban J connectivity index is 1.88. The summed E-state index contributed by atoms with van der Waals surface area (Å²) in [7, 11) is 0. The van der Waals surface area contributed by atoms with E-state index in [1.165, 1.54) is 19.3 Å². The average molecular weight is 332 g/mol. The Morgan fingerprint density at radius 1 is 0.833 bits per heavy atom. The van der Waals surface area contributed by atoms with Crippen LogP contribution in [0.15, 0.2) is 42.5 Å². The number of hydrogen-bond acceptors (Lipinski definition) is 0. The minimum atomic E-state index is -1.41. The van der Waals surface area contributed by atoms with Gasteiger partial charge in [-0.25, -0.2) is 13.2 Å². The molecule has 0 bridgehead atoms. The summed E-state index contributed by atoms with van der Waals surface area (Å²) in [6.45, 7) is 2.19. The van der Waals surface area contributed by atoms with Crippen LogP contribution in [0.1, 0.15) is 49.3 Å². The van der Waals surface area contributed by atoms with E-state index in [0.29, 0.717) is 18.4 Å². The molecule has 3 heteroatoms. The molecule has 0 aliphatic heterocycles. The van der Waals surface area contributed by atoms with Crippen LogP contribution >= 0.6 is 0 Å². The van der Waals surface area contributed by atoms with Crippen molar-refractivity contribution in [2.45, 2.75) is 45.4 Å². The van der Waals surface area contributed by atoms with Crippen LogP contribution in [0, 0.1) is 17.5 Å². The van der Waals surface area contributed by atoms with Gasteiger partial charge in [0.25, 0.3) is 0 Å². The predicted molar refractivity (Wildman–Crippen MR) is 93.3 cm³/mol. The maximum absolute atomic E-state index is 13.2. The van der Waals surface area contributed by atoms with Crippen molar-refractivity contribution in [3.63, 3.8) is 0 Å². The quantitative estimate of drug-likeness (QED) is 0.383. The van der Waals surface area contributed by atoms with Gasteiger partial charge in [-0.05, 0) is 54.5 Å². The average Bonchev–Trinajstić information content (AvgIpc) is 2.58. The van der Waals surface area contributed by atoms with Crippen LogP contribution in [-0.4, -0.2) is 0 Å². The third kappa shape index (κ3) is 5.55. The molecule has 2 aromatic carbocycles. The molecule has 0 aliphatic rings. The normalized spacial score (nSPS) is 11.3. The van der Waals surface area contributed by atoms with E-state index >= 15 is 0 Å². The number of unbranched alkanes of at least 4 members (excludes halogenated alkanes) is 3. The molecule has 0 radical (unpaired) electrons. The summed E-state index contributed by atoms with van der Waals surface area (Å²) < 4.78 is 39.3. The first-order valence-corrected chi connectivity index (χ1v) is 8.49. The Bertz CT molecular complexity index is 649. The number of aryl methyl sites for hydroxylation is 2. The van der Waals surface area contributed by atoms with E-state index in [1.807, 2.05) is 24.3 Å². The van der Waals surface area contributed by atoms with Gasteiger partial charge in [0.15, 0.2) is 17.5 Å². The molecule has 0 aliphatic carbocycles. The fraction of sp³-hybridized carbons (Fsp3) is 0.333. The summed E-state index contributed by atoms with van der Waals surface area (Å²) >= 11 is 0. The molecule has 0 saturated heterocycles. The lowest BCUT2D eigenvalue weighted by Gasteiger charge is -2.05. The molecule has 0 nitrogen and oxygen atoms in total. The molecule has 0 heterocycles. The molecule has 0 spiro atoms. The van der Waals surface area contributed by atoms with E-state index in [-0.39, 0.29) is 0 Å². The van der Waals surface area contributed by atoms with Crippen LogP contribution < -0.4 is 0 Å². The third-order valence-corrected chi connectivity index (χ3v) is 4.01. The standard InChI is InChI=1S/C21H23F3/c1-2-3-4-5-6-7-16-8-10-17(11-9-16)12-13-18-14-19(22)21(24)20(23)15-18/h6-11,14-15H,2-5,12-13H2,1H3. The summed E-state index contributed by atoms with van der Waals surface area (Å²) in [4.78, 5) is 0. The van der Waals surface area contributed by atoms with Crippen molar-refractivity contribution in [3.05, 3.63) is 76.6 Å². The highest BCUT2D eigenvalue weighted by atomic mass is 19.2. The van der Waals surface area contributed by atoms with Crippen LogP contribution in [0.2, 0.25) is 0 Å². The van der Waals surface area contributed by atoms with Gasteiger partial charge in [-0.15, -0.1) is 0 Å². The predicted octanol–water partition coefficient (Wildman–Crippen LogP) is 6.48. The first kappa shape index (κ1) is 18.3. The smallest absolute Gasteiger partial charge is 0.194 e. The van der Waals surface area contributed by atoms with Gasteiger partial charge < -0.3 is 0 Å². The van der Waals surface area contributed by atoms with Crippen LogP contribution in [0.25, 0.3) is 6.08 Å². The van der Waals surface area contributed by atoms with Gasteiger partial charge in [0.05, 0.1) is 0 Å². The Morgan fingerprint density at radius 3 is 2.08 bits per heavy atom. The lowest BCUT2D eigenvalue weighted by Crippen LogP contribution is -1.97. The molecule has 0 atom stereocenters. The molecular formula is C21H23F3. The highest BCUT2D eigenvalue weighted by Gasteiger charge is 2.10. The van der Waals surface area contributed by atoms with Crippen molar-refractivity contribution in [3.8, 4) is 0 Å². The monoisotopic (exact) mass is 332 g/mol. The minimum absolute atomic E-state index is 0.464. The molecule has 2 rings (SSSR count). The fourth-order valence-corrected chi connectivity index (χ4v) is 2.57. The van der Waals surface area contributed by atoms with Crippen LogP contribution in [0.4, 0.5) is 13.2 Å². The van der Waals surface area contributed by atoms with Crippen LogP contribution in [0.3, 0.4) is 0 Å². The largest absolute Gasteiger partial charge is 0.204 e. The van der Waals surface area contributed by atoms with E-state index < -0.39 is 17.5 Å². The topological polar surface area (TPSA) is 0 Å². The molecule has 0 unspecified atom stereocenters. The van der Waals surface area contributed by atoms with E-state index in [2.05, 4.69) is 19.1 Å². The second-order valence-corrected chi connectivity index (χ2v) is 6.01. The van der Waals surface area contributed by atoms with E-state index in [1.54, 1.807) is 0 Å². The lowest BCUT2D eigenvalue weighted by atomic mass is 10.0. The summed E-state index contributed by atoms with van der Waals surface area (Å²) in [6, 6.07) is 10.2. The van der Waals surface area contributed by atoms with Crippen molar-refractivity contribution in [1.29, 1.82) is 0 Å². The van der Waals surface area contributed by atoms with Crippen molar-refractivity contribution in [1.82, 2.24) is 0 Å². The molecule has 24 heavy (non-hydrogen) atoms. The van der Waals surface area contributed by atoms with E-state index in [0.717, 1.165) is 29.7 Å². The molecular weight excluding hydrogens is 309 g/mol. The maximum atomic E-state index is 13.2. The first-order chi connectivity index (χ1) is 11.6.